The first-order valence-electron chi connectivity index (χ1n) is 3.81. The number of nitrogens with zero attached hydrogens (tertiary/aromatic N) is 5. The number of aryl methyl sites for hydroxylation is 1. The van der Waals surface area contributed by atoms with Crippen molar-refractivity contribution in [2.24, 2.45) is 7.05 Å². The Morgan fingerprint density at radius 3 is 3.00 bits per heavy atom. The minimum Gasteiger partial charge on any atom is -0.353 e. The number of nitrogens with one attached hydrogen (secondary N) is 1. The standard InChI is InChI=1S/C6H7BrN6S/c1-13-3-9-4(12-13)2-8-6-11-10-5(7)14-6/h3H,2H2,1H3,(H,8,11). The molecule has 0 aromatic carbocycles. The highest BCUT2D eigenvalue weighted by atomic mass is 79.9. The molecule has 2 aromatic rings. The lowest BCUT2D eigenvalue weighted by molar-refractivity contribution is 0.747. The third kappa shape index (κ3) is 2.26. The zero-order chi connectivity index (χ0) is 9.97. The Morgan fingerprint density at radius 1 is 1.57 bits per heavy atom. The molecule has 74 valence electrons. The maximum atomic E-state index is 4.12. The highest BCUT2D eigenvalue weighted by Gasteiger charge is 2.02. The molecule has 0 aliphatic carbocycles. The molecule has 2 aromatic heterocycles. The van der Waals surface area contributed by atoms with Crippen molar-refractivity contribution in [1.29, 1.82) is 0 Å². The average Bonchev–Trinajstić information content (AvgIpc) is 2.72. The maximum absolute atomic E-state index is 4.12. The fourth-order valence-electron chi connectivity index (χ4n) is 0.896. The molecule has 0 atom stereocenters. The highest BCUT2D eigenvalue weighted by Crippen LogP contribution is 2.20. The summed E-state index contributed by atoms with van der Waals surface area (Å²) in [6.45, 7) is 0.558. The average molecular weight is 275 g/mol. The van der Waals surface area contributed by atoms with Crippen molar-refractivity contribution in [1.82, 2.24) is 25.0 Å². The number of aromatic nitrogens is 5. The fourth-order valence-corrected chi connectivity index (χ4v) is 1.90. The predicted molar refractivity (Wildman–Crippen MR) is 55.9 cm³/mol. The number of hydrogen-bond donors (Lipinski definition) is 1. The van der Waals surface area contributed by atoms with E-state index in [0.717, 1.165) is 14.9 Å². The normalized spacial score (nSPS) is 10.4. The molecule has 0 aliphatic rings. The Bertz CT molecular complexity index is 383. The summed E-state index contributed by atoms with van der Waals surface area (Å²) in [6.07, 6.45) is 1.66. The topological polar surface area (TPSA) is 68.5 Å². The van der Waals surface area contributed by atoms with Gasteiger partial charge in [0.25, 0.3) is 0 Å². The van der Waals surface area contributed by atoms with Gasteiger partial charge in [0.05, 0.1) is 6.54 Å². The lowest BCUT2D eigenvalue weighted by Gasteiger charge is -1.95. The molecule has 0 unspecified atom stereocenters. The molecule has 0 fully saturated rings. The SMILES string of the molecule is Cn1cnc(CNc2nnc(Br)s2)n1. The van der Waals surface area contributed by atoms with E-state index in [1.54, 1.807) is 11.0 Å². The van der Waals surface area contributed by atoms with Gasteiger partial charge in [-0.1, -0.05) is 11.3 Å². The molecule has 0 saturated heterocycles. The Balaban J connectivity index is 1.94. The van der Waals surface area contributed by atoms with Crippen molar-refractivity contribution in [2.45, 2.75) is 6.54 Å². The first kappa shape index (κ1) is 9.53. The summed E-state index contributed by atoms with van der Waals surface area (Å²) in [4.78, 5) is 4.07. The van der Waals surface area contributed by atoms with E-state index >= 15 is 0 Å². The smallest absolute Gasteiger partial charge is 0.206 e. The molecule has 0 aliphatic heterocycles. The second-order valence-electron chi connectivity index (χ2n) is 2.55. The van der Waals surface area contributed by atoms with Crippen molar-refractivity contribution < 1.29 is 0 Å². The van der Waals surface area contributed by atoms with Gasteiger partial charge in [-0.25, -0.2) is 4.98 Å². The largest absolute Gasteiger partial charge is 0.353 e. The maximum Gasteiger partial charge on any atom is 0.206 e. The second kappa shape index (κ2) is 4.01. The van der Waals surface area contributed by atoms with Crippen molar-refractivity contribution in [3.05, 3.63) is 16.1 Å². The number of anilines is 1. The Labute approximate surface area is 92.5 Å². The first-order chi connectivity index (χ1) is 6.74. The summed E-state index contributed by atoms with van der Waals surface area (Å²) < 4.78 is 2.42. The van der Waals surface area contributed by atoms with Crippen LogP contribution in [0.15, 0.2) is 10.2 Å². The van der Waals surface area contributed by atoms with Gasteiger partial charge in [0.2, 0.25) is 5.13 Å². The second-order valence-corrected chi connectivity index (χ2v) is 4.80. The summed E-state index contributed by atoms with van der Waals surface area (Å²) >= 11 is 4.67. The van der Waals surface area contributed by atoms with Gasteiger partial charge in [-0.15, -0.1) is 10.2 Å². The molecule has 2 rings (SSSR count). The molecule has 1 N–H and O–H groups in total. The van der Waals surface area contributed by atoms with Gasteiger partial charge in [0.15, 0.2) is 9.74 Å². The van der Waals surface area contributed by atoms with E-state index in [1.807, 2.05) is 7.05 Å². The van der Waals surface area contributed by atoms with Crippen LogP contribution in [0, 0.1) is 0 Å². The molecule has 6 nitrogen and oxygen atoms in total. The minimum atomic E-state index is 0.558. The van der Waals surface area contributed by atoms with Crippen LogP contribution in [-0.2, 0) is 13.6 Å². The summed E-state index contributed by atoms with van der Waals surface area (Å²) in [5.41, 5.74) is 0. The van der Waals surface area contributed by atoms with Crippen molar-refractivity contribution in [3.8, 4) is 0 Å². The van der Waals surface area contributed by atoms with Gasteiger partial charge in [-0.05, 0) is 15.9 Å². The van der Waals surface area contributed by atoms with Crippen molar-refractivity contribution in [2.75, 3.05) is 5.32 Å². The lowest BCUT2D eigenvalue weighted by atomic mass is 10.6. The van der Waals surface area contributed by atoms with Crippen LogP contribution in [0.3, 0.4) is 0 Å². The molecule has 0 amide bonds. The van der Waals surface area contributed by atoms with Crippen LogP contribution in [0.1, 0.15) is 5.82 Å². The lowest BCUT2D eigenvalue weighted by Crippen LogP contribution is -2.01. The van der Waals surface area contributed by atoms with E-state index in [0.29, 0.717) is 6.54 Å². The van der Waals surface area contributed by atoms with E-state index in [4.69, 9.17) is 0 Å². The summed E-state index contributed by atoms with van der Waals surface area (Å²) in [5.74, 6) is 0.735. The van der Waals surface area contributed by atoms with Crippen LogP contribution in [0.4, 0.5) is 5.13 Å². The van der Waals surface area contributed by atoms with Gasteiger partial charge in [0.1, 0.15) is 6.33 Å². The van der Waals surface area contributed by atoms with Gasteiger partial charge < -0.3 is 5.32 Å². The molecule has 0 radical (unpaired) electrons. The summed E-state index contributed by atoms with van der Waals surface area (Å²) in [5, 5.41) is 15.6. The van der Waals surface area contributed by atoms with Crippen LogP contribution >= 0.6 is 27.3 Å². The van der Waals surface area contributed by atoms with E-state index in [1.165, 1.54) is 11.3 Å². The molecule has 0 bridgehead atoms. The zero-order valence-electron chi connectivity index (χ0n) is 7.31. The summed E-state index contributed by atoms with van der Waals surface area (Å²) in [7, 11) is 1.83. The van der Waals surface area contributed by atoms with Crippen molar-refractivity contribution in [3.63, 3.8) is 0 Å². The van der Waals surface area contributed by atoms with Crippen LogP contribution in [0.5, 0.6) is 0 Å². The van der Waals surface area contributed by atoms with E-state index in [-0.39, 0.29) is 0 Å². The number of halogens is 1. The molecule has 0 spiro atoms. The highest BCUT2D eigenvalue weighted by molar-refractivity contribution is 9.11. The summed E-state index contributed by atoms with van der Waals surface area (Å²) in [6, 6.07) is 0. The Morgan fingerprint density at radius 2 is 2.43 bits per heavy atom. The molecular formula is C6H7BrN6S. The third-order valence-corrected chi connectivity index (χ3v) is 2.76. The molecule has 8 heteroatoms. The number of rotatable bonds is 3. The minimum absolute atomic E-state index is 0.558. The van der Waals surface area contributed by atoms with Gasteiger partial charge in [0, 0.05) is 7.05 Å². The molecule has 0 saturated carbocycles. The van der Waals surface area contributed by atoms with Gasteiger partial charge >= 0.3 is 0 Å². The fraction of sp³-hybridized carbons (Fsp3) is 0.333. The van der Waals surface area contributed by atoms with Crippen LogP contribution in [0.2, 0.25) is 0 Å². The van der Waals surface area contributed by atoms with E-state index in [2.05, 4.69) is 41.5 Å². The Kier molecular flexibility index (Phi) is 2.73. The van der Waals surface area contributed by atoms with E-state index < -0.39 is 0 Å². The quantitative estimate of drug-likeness (QED) is 0.906. The third-order valence-electron chi connectivity index (χ3n) is 1.45. The monoisotopic (exact) mass is 274 g/mol. The van der Waals surface area contributed by atoms with Crippen LogP contribution < -0.4 is 5.32 Å². The van der Waals surface area contributed by atoms with Gasteiger partial charge in [-0.2, -0.15) is 5.10 Å². The number of hydrogen-bond acceptors (Lipinski definition) is 6. The first-order valence-corrected chi connectivity index (χ1v) is 5.42. The van der Waals surface area contributed by atoms with Crippen LogP contribution in [0.25, 0.3) is 0 Å². The van der Waals surface area contributed by atoms with Crippen LogP contribution in [-0.4, -0.2) is 25.0 Å². The molecular weight excluding hydrogens is 268 g/mol. The van der Waals surface area contributed by atoms with E-state index in [9.17, 15) is 0 Å². The molecule has 2 heterocycles. The Hall–Kier alpha value is -1.02. The zero-order valence-corrected chi connectivity index (χ0v) is 9.71. The van der Waals surface area contributed by atoms with Crippen molar-refractivity contribution >= 4 is 32.4 Å². The van der Waals surface area contributed by atoms with Gasteiger partial charge in [-0.3, -0.25) is 4.68 Å². The molecule has 14 heavy (non-hydrogen) atoms. The predicted octanol–water partition coefficient (Wildman–Crippen LogP) is 1.04.